The quantitative estimate of drug-likeness (QED) is 0.218. The molecule has 1 aromatic carbocycles. The van der Waals surface area contributed by atoms with Crippen LogP contribution in [0.5, 0.6) is 5.75 Å². The molecule has 0 radical (unpaired) electrons. The van der Waals surface area contributed by atoms with Crippen molar-refractivity contribution in [3.8, 4) is 11.8 Å². The second-order valence-electron chi connectivity index (χ2n) is 11.6. The summed E-state index contributed by atoms with van der Waals surface area (Å²) in [6.45, 7) is 0.843. The Morgan fingerprint density at radius 1 is 1.19 bits per heavy atom. The molecule has 3 aliphatic rings. The number of fused-ring (bicyclic) bond motifs is 3. The van der Waals surface area contributed by atoms with Gasteiger partial charge in [0, 0.05) is 32.0 Å². The molecule has 1 amide bonds. The molecule has 0 saturated heterocycles. The van der Waals surface area contributed by atoms with Gasteiger partial charge in [-0.15, -0.1) is 0 Å². The summed E-state index contributed by atoms with van der Waals surface area (Å²) in [5, 5.41) is 47.4. The van der Waals surface area contributed by atoms with Gasteiger partial charge in [0.2, 0.25) is 0 Å². The van der Waals surface area contributed by atoms with Gasteiger partial charge in [0.05, 0.1) is 34.3 Å². The lowest BCUT2D eigenvalue weighted by atomic mass is 9.47. The van der Waals surface area contributed by atoms with E-state index < -0.39 is 69.1 Å². The van der Waals surface area contributed by atoms with Gasteiger partial charge in [-0.2, -0.15) is 5.26 Å². The molecular formula is C29H33N7O6. The van der Waals surface area contributed by atoms with Gasteiger partial charge in [0.1, 0.15) is 22.8 Å². The molecule has 13 nitrogen and oxygen atoms in total. The molecule has 1 heterocycles. The van der Waals surface area contributed by atoms with Crippen LogP contribution in [0.25, 0.3) is 5.76 Å². The number of nitrogens with two attached hydrogens (primary N) is 3. The Labute approximate surface area is 241 Å². The van der Waals surface area contributed by atoms with Crippen molar-refractivity contribution in [3.05, 3.63) is 69.8 Å². The summed E-state index contributed by atoms with van der Waals surface area (Å²) in [5.41, 5.74) is 13.4. The number of aliphatic hydroxyl groups is 2. The van der Waals surface area contributed by atoms with Crippen LogP contribution in [0.15, 0.2) is 47.4 Å². The van der Waals surface area contributed by atoms with Crippen molar-refractivity contribution in [2.75, 3.05) is 14.1 Å². The number of aliphatic hydroxyl groups excluding tert-OH is 2. The topological polar surface area (TPSA) is 234 Å². The lowest BCUT2D eigenvalue weighted by Crippen LogP contribution is -2.80. The average molecular weight is 576 g/mol. The molecule has 1 saturated carbocycles. The first kappa shape index (κ1) is 29.0. The Kier molecular flexibility index (Phi) is 6.59. The first-order valence-electron chi connectivity index (χ1n) is 13.2. The van der Waals surface area contributed by atoms with Gasteiger partial charge in [-0.1, -0.05) is 6.07 Å². The van der Waals surface area contributed by atoms with E-state index in [1.165, 1.54) is 25.1 Å². The fraction of sp³-hybridized carbons (Fsp3) is 0.379. The van der Waals surface area contributed by atoms with Crippen molar-refractivity contribution < 1.29 is 29.7 Å². The van der Waals surface area contributed by atoms with Crippen LogP contribution in [0, 0.1) is 16.7 Å². The summed E-state index contributed by atoms with van der Waals surface area (Å²) < 4.78 is 1.96. The molecule has 1 fully saturated rings. The third-order valence-corrected chi connectivity index (χ3v) is 8.90. The van der Waals surface area contributed by atoms with Crippen molar-refractivity contribution in [3.63, 3.8) is 0 Å². The van der Waals surface area contributed by atoms with E-state index in [-0.39, 0.29) is 17.7 Å². The number of primary amides is 1. The Balaban J connectivity index is 1.70. The van der Waals surface area contributed by atoms with Gasteiger partial charge in [-0.05, 0) is 56.3 Å². The van der Waals surface area contributed by atoms with Gasteiger partial charge in [0.25, 0.3) is 5.91 Å². The molecule has 10 N–H and O–H groups in total. The predicted molar refractivity (Wildman–Crippen MR) is 150 cm³/mol. The second kappa shape index (κ2) is 9.53. The van der Waals surface area contributed by atoms with Gasteiger partial charge in [0.15, 0.2) is 17.0 Å². The molecule has 4 atom stereocenters. The number of hydrogen-bond acceptors (Lipinski definition) is 11. The van der Waals surface area contributed by atoms with Gasteiger partial charge in [-0.3, -0.25) is 19.3 Å². The lowest BCUT2D eigenvalue weighted by Gasteiger charge is -2.58. The van der Waals surface area contributed by atoms with Crippen molar-refractivity contribution in [2.24, 2.45) is 29.7 Å². The first-order chi connectivity index (χ1) is 19.7. The minimum absolute atomic E-state index is 0.0372. The number of hydrogen-bond donors (Lipinski definition) is 7. The minimum atomic E-state index is -2.69. The molecule has 5 rings (SSSR count). The van der Waals surface area contributed by atoms with Crippen LogP contribution in [-0.4, -0.2) is 73.5 Å². The number of Topliss-reactive ketones (excluding diaryl/α,β-unsaturated/α-hetero) is 2. The molecular weight excluding hydrogens is 542 g/mol. The Hall–Kier alpha value is -4.48. The number of rotatable bonds is 6. The maximum Gasteiger partial charge on any atom is 0.255 e. The summed E-state index contributed by atoms with van der Waals surface area (Å²) >= 11 is 0. The van der Waals surface area contributed by atoms with Crippen LogP contribution < -0.4 is 22.5 Å². The van der Waals surface area contributed by atoms with E-state index >= 15 is 0 Å². The minimum Gasteiger partial charge on any atom is -0.509 e. The predicted octanol–water partition coefficient (Wildman–Crippen LogP) is -0.466. The van der Waals surface area contributed by atoms with Crippen LogP contribution in [0.3, 0.4) is 0 Å². The van der Waals surface area contributed by atoms with E-state index in [1.807, 2.05) is 29.9 Å². The standard InChI is InChI=1S/C29H33N7O6/c1-35(2)23-22(39)19(26(31)42)24(40)28(13-30)25(41)20-21(38)18-16(9-27(20,32)12-29(23,28)33)14(6-7-17(18)37)10-34-11-15-5-4-8-36(15)3/h4-8,23,34,37-38,40H,9-12,32-33H2,1-3H3,(H2,31,42)/t23-,27-,28+,29-/m1/s1. The molecule has 2 aromatic rings. The number of carbonyl (C=O) groups excluding carboxylic acids is 3. The van der Waals surface area contributed by atoms with Gasteiger partial charge >= 0.3 is 0 Å². The van der Waals surface area contributed by atoms with Crippen molar-refractivity contribution in [2.45, 2.75) is 43.1 Å². The number of likely N-dealkylation sites (N-methyl/N-ethyl adjacent to an activating group) is 1. The van der Waals surface area contributed by atoms with Crippen LogP contribution >= 0.6 is 0 Å². The van der Waals surface area contributed by atoms with E-state index in [2.05, 4.69) is 5.32 Å². The zero-order valence-corrected chi connectivity index (χ0v) is 23.4. The average Bonchev–Trinajstić information content (AvgIpc) is 3.28. The fourth-order valence-corrected chi connectivity index (χ4v) is 7.06. The van der Waals surface area contributed by atoms with Crippen molar-refractivity contribution in [1.29, 1.82) is 5.26 Å². The zero-order valence-electron chi connectivity index (χ0n) is 23.4. The molecule has 0 spiro atoms. The molecule has 1 aromatic heterocycles. The van der Waals surface area contributed by atoms with E-state index in [0.717, 1.165) is 5.69 Å². The van der Waals surface area contributed by atoms with Gasteiger partial charge in [-0.25, -0.2) is 0 Å². The number of benzene rings is 1. The highest BCUT2D eigenvalue weighted by Gasteiger charge is 2.74. The molecule has 42 heavy (non-hydrogen) atoms. The normalized spacial score (nSPS) is 28.8. The molecule has 0 bridgehead atoms. The number of amides is 1. The van der Waals surface area contributed by atoms with Crippen LogP contribution in [0.4, 0.5) is 0 Å². The van der Waals surface area contributed by atoms with Crippen LogP contribution in [-0.2, 0) is 40.9 Å². The van der Waals surface area contributed by atoms with Crippen LogP contribution in [0.2, 0.25) is 0 Å². The third-order valence-electron chi connectivity index (χ3n) is 8.90. The summed E-state index contributed by atoms with van der Waals surface area (Å²) in [5.74, 6) is -5.64. The van der Waals surface area contributed by atoms with E-state index in [4.69, 9.17) is 17.2 Å². The van der Waals surface area contributed by atoms with Gasteiger partial charge < -0.3 is 42.4 Å². The smallest absolute Gasteiger partial charge is 0.255 e. The molecule has 13 heteroatoms. The Bertz CT molecular complexity index is 1670. The third kappa shape index (κ3) is 3.66. The highest BCUT2D eigenvalue weighted by molar-refractivity contribution is 6.25. The van der Waals surface area contributed by atoms with Crippen molar-refractivity contribution in [1.82, 2.24) is 14.8 Å². The summed E-state index contributed by atoms with van der Waals surface area (Å²) in [6.07, 6.45) is 1.40. The number of ketones is 2. The maximum absolute atomic E-state index is 14.4. The van der Waals surface area contributed by atoms with E-state index in [0.29, 0.717) is 24.2 Å². The number of carbonyl (C=O) groups is 3. The summed E-state index contributed by atoms with van der Waals surface area (Å²) in [7, 11) is 4.87. The van der Waals surface area contributed by atoms with E-state index in [9.17, 15) is 35.0 Å². The number of aryl methyl sites for hydroxylation is 1. The number of phenolic OH excluding ortho intramolecular Hbond substituents is 1. The highest BCUT2D eigenvalue weighted by Crippen LogP contribution is 2.58. The zero-order chi connectivity index (χ0) is 30.9. The summed E-state index contributed by atoms with van der Waals surface area (Å²) in [6, 6.07) is 7.25. The lowest BCUT2D eigenvalue weighted by molar-refractivity contribution is -0.139. The monoisotopic (exact) mass is 575 g/mol. The SMILES string of the molecule is CN(C)[C@@H]1C(=O)C(C(N)=O)=C(O)[C@@]2(C#N)C(=O)C3=C(O)c4c(O)ccc(CNCc5cccn5C)c4C[C@@]3(N)C[C@@]12N. The number of aromatic nitrogens is 1. The Morgan fingerprint density at radius 2 is 1.88 bits per heavy atom. The first-order valence-corrected chi connectivity index (χ1v) is 13.2. The number of phenols is 1. The van der Waals surface area contributed by atoms with E-state index in [1.54, 1.807) is 12.1 Å². The highest BCUT2D eigenvalue weighted by atomic mass is 16.3. The molecule has 0 unspecified atom stereocenters. The molecule has 0 aliphatic heterocycles. The Morgan fingerprint density at radius 3 is 2.45 bits per heavy atom. The number of nitrogens with one attached hydrogen (secondary N) is 1. The largest absolute Gasteiger partial charge is 0.509 e. The number of nitrogens with zero attached hydrogens (tertiary/aromatic N) is 3. The maximum atomic E-state index is 14.4. The number of nitriles is 1. The van der Waals surface area contributed by atoms with Crippen LogP contribution in [0.1, 0.15) is 28.8 Å². The second-order valence-corrected chi connectivity index (χ2v) is 11.6. The summed E-state index contributed by atoms with van der Waals surface area (Å²) in [4.78, 5) is 41.5. The molecule has 3 aliphatic carbocycles. The number of aromatic hydroxyl groups is 1. The fourth-order valence-electron chi connectivity index (χ4n) is 7.06. The molecule has 220 valence electrons. The van der Waals surface area contributed by atoms with Crippen molar-refractivity contribution >= 4 is 23.2 Å².